The third-order valence-electron chi connectivity index (χ3n) is 4.50. The van der Waals surface area contributed by atoms with Crippen molar-refractivity contribution in [2.75, 3.05) is 14.2 Å². The summed E-state index contributed by atoms with van der Waals surface area (Å²) >= 11 is 6.41. The third kappa shape index (κ3) is 3.94. The second-order valence-electron chi connectivity index (χ2n) is 6.47. The molecule has 1 aromatic heterocycles. The van der Waals surface area contributed by atoms with E-state index in [1.165, 1.54) is 23.8 Å². The molecule has 0 saturated carbocycles. The number of likely N-dealkylation sites (N-methyl/N-ethyl adjacent to an activating group) is 1. The van der Waals surface area contributed by atoms with E-state index in [4.69, 9.17) is 21.7 Å². The fraction of sp³-hybridized carbons (Fsp3) is 0.143. The number of amides is 1. The number of thiocarbonyl (C=S) groups is 1. The van der Waals surface area contributed by atoms with Crippen LogP contribution in [0.5, 0.6) is 11.5 Å². The Morgan fingerprint density at radius 3 is 2.73 bits per heavy atom. The molecule has 9 heteroatoms. The first-order chi connectivity index (χ1) is 14.5. The minimum absolute atomic E-state index is 0.0737. The van der Waals surface area contributed by atoms with Gasteiger partial charge in [-0.2, -0.15) is 0 Å². The van der Waals surface area contributed by atoms with Crippen LogP contribution in [0.4, 0.5) is 0 Å². The Balaban J connectivity index is 1.55. The van der Waals surface area contributed by atoms with Gasteiger partial charge in [0.2, 0.25) is 0 Å². The molecule has 1 amide bonds. The molecule has 1 aliphatic heterocycles. The fourth-order valence-electron chi connectivity index (χ4n) is 2.94. The van der Waals surface area contributed by atoms with Crippen LogP contribution in [0.25, 0.3) is 17.0 Å². The summed E-state index contributed by atoms with van der Waals surface area (Å²) in [5, 5.41) is 0.528. The highest BCUT2D eigenvalue weighted by Gasteiger charge is 2.28. The van der Waals surface area contributed by atoms with Gasteiger partial charge in [-0.1, -0.05) is 42.2 Å². The molecule has 3 aromatic rings. The molecule has 0 atom stereocenters. The minimum atomic E-state index is -0.213. The van der Waals surface area contributed by atoms with Crippen molar-refractivity contribution in [1.29, 1.82) is 0 Å². The van der Waals surface area contributed by atoms with E-state index in [0.29, 0.717) is 37.5 Å². The van der Waals surface area contributed by atoms with E-state index in [0.717, 1.165) is 5.56 Å². The molecule has 7 nitrogen and oxygen atoms in total. The van der Waals surface area contributed by atoms with Gasteiger partial charge in [-0.25, -0.2) is 4.98 Å². The number of nitrogens with one attached hydrogen (secondary N) is 1. The molecule has 152 valence electrons. The number of hydrogen-bond acceptors (Lipinski definition) is 7. The number of ether oxygens (including phenoxy) is 2. The van der Waals surface area contributed by atoms with E-state index in [2.05, 4.69) is 9.97 Å². The highest BCUT2D eigenvalue weighted by atomic mass is 32.2. The van der Waals surface area contributed by atoms with E-state index >= 15 is 0 Å². The van der Waals surface area contributed by atoms with Crippen LogP contribution in [0.2, 0.25) is 0 Å². The third-order valence-corrected chi connectivity index (χ3v) is 5.98. The Kier molecular flexibility index (Phi) is 5.56. The number of hydrogen-bond donors (Lipinski definition) is 1. The molecule has 0 aliphatic carbocycles. The van der Waals surface area contributed by atoms with Crippen LogP contribution in [-0.2, 0) is 11.4 Å². The maximum atomic E-state index is 12.2. The maximum Gasteiger partial charge on any atom is 0.265 e. The summed E-state index contributed by atoms with van der Waals surface area (Å²) in [5.41, 5.74) is 1.18. The molecule has 30 heavy (non-hydrogen) atoms. The van der Waals surface area contributed by atoms with Crippen molar-refractivity contribution in [3.05, 3.63) is 69.1 Å². The molecule has 4 rings (SSSR count). The largest absolute Gasteiger partial charge is 0.493 e. The van der Waals surface area contributed by atoms with Crippen LogP contribution in [0.3, 0.4) is 0 Å². The molecule has 2 heterocycles. The number of nitrogens with zero attached hydrogens (tertiary/aromatic N) is 2. The Hall–Kier alpha value is -3.17. The van der Waals surface area contributed by atoms with E-state index in [-0.39, 0.29) is 18.1 Å². The first-order valence-electron chi connectivity index (χ1n) is 8.96. The van der Waals surface area contributed by atoms with Gasteiger partial charge in [-0.15, -0.1) is 0 Å². The summed E-state index contributed by atoms with van der Waals surface area (Å²) in [4.78, 5) is 33.5. The summed E-state index contributed by atoms with van der Waals surface area (Å²) in [6.07, 6.45) is 1.76. The second-order valence-corrected chi connectivity index (χ2v) is 8.15. The second kappa shape index (κ2) is 8.29. The van der Waals surface area contributed by atoms with Crippen molar-refractivity contribution in [1.82, 2.24) is 14.9 Å². The predicted octanol–water partition coefficient (Wildman–Crippen LogP) is 3.34. The lowest BCUT2D eigenvalue weighted by Gasteiger charge is -2.11. The molecular formula is C21H17N3O4S2. The van der Waals surface area contributed by atoms with Gasteiger partial charge >= 0.3 is 0 Å². The van der Waals surface area contributed by atoms with Gasteiger partial charge in [0.05, 0.1) is 22.9 Å². The Labute approximate surface area is 181 Å². The Bertz CT molecular complexity index is 1250. The number of benzene rings is 2. The van der Waals surface area contributed by atoms with E-state index in [1.807, 2.05) is 12.1 Å². The van der Waals surface area contributed by atoms with Gasteiger partial charge in [-0.3, -0.25) is 14.5 Å². The summed E-state index contributed by atoms with van der Waals surface area (Å²) in [5.74, 6) is 1.28. The van der Waals surface area contributed by atoms with Crippen molar-refractivity contribution in [3.8, 4) is 11.5 Å². The molecule has 2 aromatic carbocycles. The SMILES string of the molecule is COc1cc(/C=C2\SC(=S)N(C)C2=O)ccc1OCc1nc2ccccc2c(=O)[nH]1. The number of aromatic nitrogens is 2. The molecule has 1 aliphatic rings. The number of carbonyl (C=O) groups excluding carboxylic acids is 1. The molecule has 1 saturated heterocycles. The quantitative estimate of drug-likeness (QED) is 0.482. The number of para-hydroxylation sites is 1. The van der Waals surface area contributed by atoms with Gasteiger partial charge in [0.25, 0.3) is 11.5 Å². The number of rotatable bonds is 5. The number of H-pyrrole nitrogens is 1. The number of fused-ring (bicyclic) bond motifs is 1. The Morgan fingerprint density at radius 1 is 1.20 bits per heavy atom. The summed E-state index contributed by atoms with van der Waals surface area (Å²) in [7, 11) is 3.19. The molecule has 1 fully saturated rings. The average molecular weight is 440 g/mol. The molecular weight excluding hydrogens is 422 g/mol. The highest BCUT2D eigenvalue weighted by molar-refractivity contribution is 8.26. The van der Waals surface area contributed by atoms with Crippen molar-refractivity contribution in [2.45, 2.75) is 6.61 Å². The van der Waals surface area contributed by atoms with Crippen molar-refractivity contribution < 1.29 is 14.3 Å². The van der Waals surface area contributed by atoms with E-state index in [9.17, 15) is 9.59 Å². The van der Waals surface area contributed by atoms with Crippen LogP contribution in [0.1, 0.15) is 11.4 Å². The lowest BCUT2D eigenvalue weighted by atomic mass is 10.2. The molecule has 0 spiro atoms. The minimum Gasteiger partial charge on any atom is -0.493 e. The zero-order chi connectivity index (χ0) is 21.3. The van der Waals surface area contributed by atoms with Crippen molar-refractivity contribution in [2.24, 2.45) is 0 Å². The highest BCUT2D eigenvalue weighted by Crippen LogP contribution is 2.34. The van der Waals surface area contributed by atoms with E-state index in [1.54, 1.807) is 43.5 Å². The van der Waals surface area contributed by atoms with Crippen LogP contribution in [-0.4, -0.2) is 39.3 Å². The number of aromatic amines is 1. The summed E-state index contributed by atoms with van der Waals surface area (Å²) < 4.78 is 11.8. The predicted molar refractivity (Wildman–Crippen MR) is 121 cm³/mol. The summed E-state index contributed by atoms with van der Waals surface area (Å²) in [6.45, 7) is 0.0737. The monoisotopic (exact) mass is 439 g/mol. The zero-order valence-electron chi connectivity index (χ0n) is 16.2. The average Bonchev–Trinajstić information content (AvgIpc) is 2.99. The molecule has 0 radical (unpaired) electrons. The molecule has 0 unspecified atom stereocenters. The van der Waals surface area contributed by atoms with Gasteiger partial charge in [0.15, 0.2) is 11.5 Å². The first-order valence-corrected chi connectivity index (χ1v) is 10.2. The topological polar surface area (TPSA) is 84.5 Å². The van der Waals surface area contributed by atoms with E-state index < -0.39 is 0 Å². The van der Waals surface area contributed by atoms with Crippen molar-refractivity contribution >= 4 is 51.2 Å². The van der Waals surface area contributed by atoms with Crippen LogP contribution in [0, 0.1) is 0 Å². The lowest BCUT2D eigenvalue weighted by molar-refractivity contribution is -0.121. The number of methoxy groups -OCH3 is 1. The van der Waals surface area contributed by atoms with Crippen LogP contribution < -0.4 is 15.0 Å². The van der Waals surface area contributed by atoms with Crippen LogP contribution in [0.15, 0.2) is 52.2 Å². The van der Waals surface area contributed by atoms with Gasteiger partial charge < -0.3 is 14.5 Å². The lowest BCUT2D eigenvalue weighted by Crippen LogP contribution is -2.22. The first kappa shape index (κ1) is 20.1. The Morgan fingerprint density at radius 2 is 2.00 bits per heavy atom. The maximum absolute atomic E-state index is 12.2. The van der Waals surface area contributed by atoms with Gasteiger partial charge in [-0.05, 0) is 35.9 Å². The smallest absolute Gasteiger partial charge is 0.265 e. The zero-order valence-corrected chi connectivity index (χ0v) is 17.8. The number of carbonyl (C=O) groups is 1. The molecule has 1 N–H and O–H groups in total. The molecule has 0 bridgehead atoms. The standard InChI is InChI=1S/C21H17N3O4S2/c1-24-20(26)17(30-21(24)29)10-12-7-8-15(16(9-12)27-2)28-11-18-22-14-6-4-3-5-13(14)19(25)23-18/h3-10H,11H2,1-2H3,(H,22,23,25)/b17-10-. The number of thioether (sulfide) groups is 1. The van der Waals surface area contributed by atoms with Crippen LogP contribution >= 0.6 is 24.0 Å². The summed E-state index contributed by atoms with van der Waals surface area (Å²) in [6, 6.07) is 12.5. The normalized spacial score (nSPS) is 15.3. The van der Waals surface area contributed by atoms with Gasteiger partial charge in [0, 0.05) is 7.05 Å². The van der Waals surface area contributed by atoms with Gasteiger partial charge in [0.1, 0.15) is 16.8 Å². The fourth-order valence-corrected chi connectivity index (χ4v) is 4.12. The van der Waals surface area contributed by atoms with Crippen molar-refractivity contribution in [3.63, 3.8) is 0 Å².